The Balaban J connectivity index is 1.76. The first kappa shape index (κ1) is 13.9. The molecule has 0 amide bonds. The monoisotopic (exact) mass is 273 g/mol. The first-order valence-electron chi connectivity index (χ1n) is 8.03. The molecule has 2 nitrogen and oxygen atoms in total. The van der Waals surface area contributed by atoms with E-state index in [2.05, 4.69) is 50.4 Å². The SMILES string of the molecule is CC1COc2ccccc2C1NC1CCCC(C)(C)C1. The van der Waals surface area contributed by atoms with Crippen molar-refractivity contribution in [3.8, 4) is 5.75 Å². The zero-order valence-electron chi connectivity index (χ0n) is 13.0. The van der Waals surface area contributed by atoms with E-state index in [0.717, 1.165) is 12.4 Å². The molecule has 20 heavy (non-hydrogen) atoms. The van der Waals surface area contributed by atoms with E-state index < -0.39 is 0 Å². The highest BCUT2D eigenvalue weighted by Crippen LogP contribution is 2.39. The fraction of sp³-hybridized carbons (Fsp3) is 0.667. The van der Waals surface area contributed by atoms with Gasteiger partial charge >= 0.3 is 0 Å². The average Bonchev–Trinajstić information content (AvgIpc) is 2.41. The lowest BCUT2D eigenvalue weighted by molar-refractivity contribution is 0.145. The molecule has 2 heteroatoms. The first-order valence-corrected chi connectivity index (χ1v) is 8.03. The number of para-hydroxylation sites is 1. The third-order valence-corrected chi connectivity index (χ3v) is 4.95. The van der Waals surface area contributed by atoms with Crippen LogP contribution in [0.3, 0.4) is 0 Å². The lowest BCUT2D eigenvalue weighted by Gasteiger charge is -2.40. The maximum absolute atomic E-state index is 5.86. The predicted octanol–water partition coefficient (Wildman–Crippen LogP) is 4.31. The number of benzene rings is 1. The van der Waals surface area contributed by atoms with E-state index in [-0.39, 0.29) is 0 Å². The molecule has 1 aromatic rings. The molecule has 3 atom stereocenters. The molecule has 0 aromatic heterocycles. The van der Waals surface area contributed by atoms with Crippen molar-refractivity contribution in [2.45, 2.75) is 58.5 Å². The second-order valence-corrected chi connectivity index (χ2v) is 7.43. The molecular formula is C18H27NO. The Morgan fingerprint density at radius 3 is 2.85 bits per heavy atom. The molecule has 1 fully saturated rings. The summed E-state index contributed by atoms with van der Waals surface area (Å²) < 4.78 is 5.86. The van der Waals surface area contributed by atoms with Gasteiger partial charge in [0.1, 0.15) is 5.75 Å². The lowest BCUT2D eigenvalue weighted by atomic mass is 9.74. The maximum Gasteiger partial charge on any atom is 0.124 e. The van der Waals surface area contributed by atoms with Gasteiger partial charge < -0.3 is 10.1 Å². The maximum atomic E-state index is 5.86. The Morgan fingerprint density at radius 2 is 2.05 bits per heavy atom. The second kappa shape index (κ2) is 5.40. The van der Waals surface area contributed by atoms with Gasteiger partial charge in [-0.25, -0.2) is 0 Å². The van der Waals surface area contributed by atoms with E-state index >= 15 is 0 Å². The molecule has 2 aliphatic rings. The molecule has 1 aliphatic carbocycles. The fourth-order valence-electron chi connectivity index (χ4n) is 3.84. The second-order valence-electron chi connectivity index (χ2n) is 7.43. The highest BCUT2D eigenvalue weighted by Gasteiger charge is 2.33. The summed E-state index contributed by atoms with van der Waals surface area (Å²) in [7, 11) is 0. The van der Waals surface area contributed by atoms with Crippen LogP contribution in [0.15, 0.2) is 24.3 Å². The number of fused-ring (bicyclic) bond motifs is 1. The van der Waals surface area contributed by atoms with Gasteiger partial charge in [-0.3, -0.25) is 0 Å². The van der Waals surface area contributed by atoms with Crippen molar-refractivity contribution in [1.82, 2.24) is 5.32 Å². The van der Waals surface area contributed by atoms with Crippen molar-refractivity contribution >= 4 is 0 Å². The van der Waals surface area contributed by atoms with Gasteiger partial charge in [0.2, 0.25) is 0 Å². The van der Waals surface area contributed by atoms with Gasteiger partial charge in [0, 0.05) is 23.6 Å². The molecule has 0 radical (unpaired) electrons. The molecule has 0 bridgehead atoms. The normalized spacial score (nSPS) is 32.2. The standard InChI is InChI=1S/C18H27NO/c1-13-12-20-16-9-5-4-8-15(16)17(13)19-14-7-6-10-18(2,3)11-14/h4-5,8-9,13-14,17,19H,6-7,10-12H2,1-3H3. The summed E-state index contributed by atoms with van der Waals surface area (Å²) in [6.45, 7) is 7.93. The first-order chi connectivity index (χ1) is 9.55. The van der Waals surface area contributed by atoms with E-state index in [1.165, 1.54) is 31.2 Å². The Bertz CT molecular complexity index is 468. The molecule has 3 rings (SSSR count). The summed E-state index contributed by atoms with van der Waals surface area (Å²) in [5, 5.41) is 3.94. The molecule has 0 spiro atoms. The molecule has 1 N–H and O–H groups in total. The largest absolute Gasteiger partial charge is 0.493 e. The van der Waals surface area contributed by atoms with Crippen LogP contribution in [-0.2, 0) is 0 Å². The van der Waals surface area contributed by atoms with Crippen LogP contribution < -0.4 is 10.1 Å². The van der Waals surface area contributed by atoms with Gasteiger partial charge in [-0.15, -0.1) is 0 Å². The van der Waals surface area contributed by atoms with Crippen LogP contribution in [0.5, 0.6) is 5.75 Å². The summed E-state index contributed by atoms with van der Waals surface area (Å²) in [6, 6.07) is 9.60. The minimum absolute atomic E-state index is 0.443. The Labute approximate surface area is 122 Å². The van der Waals surface area contributed by atoms with Gasteiger partial charge in [-0.1, -0.05) is 45.4 Å². The predicted molar refractivity (Wildman–Crippen MR) is 83.0 cm³/mol. The zero-order chi connectivity index (χ0) is 14.2. The van der Waals surface area contributed by atoms with Crippen LogP contribution in [0, 0.1) is 11.3 Å². The Hall–Kier alpha value is -1.02. The number of hydrogen-bond donors (Lipinski definition) is 1. The molecule has 110 valence electrons. The average molecular weight is 273 g/mol. The smallest absolute Gasteiger partial charge is 0.124 e. The van der Waals surface area contributed by atoms with Crippen LogP contribution in [0.25, 0.3) is 0 Å². The summed E-state index contributed by atoms with van der Waals surface area (Å²) in [5.74, 6) is 1.60. The van der Waals surface area contributed by atoms with Crippen LogP contribution in [0.4, 0.5) is 0 Å². The van der Waals surface area contributed by atoms with E-state index in [1.54, 1.807) is 0 Å². The third-order valence-electron chi connectivity index (χ3n) is 4.95. The topological polar surface area (TPSA) is 21.3 Å². The lowest BCUT2D eigenvalue weighted by Crippen LogP contribution is -2.43. The fourth-order valence-corrected chi connectivity index (χ4v) is 3.84. The molecular weight excluding hydrogens is 246 g/mol. The molecule has 1 heterocycles. The zero-order valence-corrected chi connectivity index (χ0v) is 13.0. The summed E-state index contributed by atoms with van der Waals surface area (Å²) in [5.41, 5.74) is 1.83. The van der Waals surface area contributed by atoms with Crippen molar-refractivity contribution in [1.29, 1.82) is 0 Å². The van der Waals surface area contributed by atoms with Crippen LogP contribution in [0.1, 0.15) is 58.1 Å². The van der Waals surface area contributed by atoms with Crippen LogP contribution >= 0.6 is 0 Å². The number of rotatable bonds is 2. The van der Waals surface area contributed by atoms with Crippen molar-refractivity contribution in [2.75, 3.05) is 6.61 Å². The third kappa shape index (κ3) is 2.85. The quantitative estimate of drug-likeness (QED) is 0.866. The van der Waals surface area contributed by atoms with Crippen molar-refractivity contribution in [2.24, 2.45) is 11.3 Å². The van der Waals surface area contributed by atoms with Gasteiger partial charge in [0.05, 0.1) is 6.61 Å². The van der Waals surface area contributed by atoms with Gasteiger partial charge in [0.25, 0.3) is 0 Å². The number of hydrogen-bond acceptors (Lipinski definition) is 2. The molecule has 1 aromatic carbocycles. The van der Waals surface area contributed by atoms with Crippen LogP contribution in [-0.4, -0.2) is 12.6 Å². The van der Waals surface area contributed by atoms with E-state index in [0.29, 0.717) is 23.4 Å². The summed E-state index contributed by atoms with van der Waals surface area (Å²) in [6.07, 6.45) is 5.32. The van der Waals surface area contributed by atoms with E-state index in [1.807, 2.05) is 0 Å². The highest BCUT2D eigenvalue weighted by atomic mass is 16.5. The van der Waals surface area contributed by atoms with Gasteiger partial charge in [-0.05, 0) is 30.7 Å². The Morgan fingerprint density at radius 1 is 1.25 bits per heavy atom. The number of ether oxygens (including phenoxy) is 1. The Kier molecular flexibility index (Phi) is 3.76. The van der Waals surface area contributed by atoms with Gasteiger partial charge in [-0.2, -0.15) is 0 Å². The summed E-state index contributed by atoms with van der Waals surface area (Å²) >= 11 is 0. The highest BCUT2D eigenvalue weighted by molar-refractivity contribution is 5.38. The molecule has 0 saturated heterocycles. The van der Waals surface area contributed by atoms with Crippen LogP contribution in [0.2, 0.25) is 0 Å². The van der Waals surface area contributed by atoms with Crippen molar-refractivity contribution in [3.05, 3.63) is 29.8 Å². The minimum Gasteiger partial charge on any atom is -0.493 e. The van der Waals surface area contributed by atoms with Crippen molar-refractivity contribution in [3.63, 3.8) is 0 Å². The van der Waals surface area contributed by atoms with Crippen molar-refractivity contribution < 1.29 is 4.74 Å². The molecule has 1 saturated carbocycles. The van der Waals surface area contributed by atoms with E-state index in [9.17, 15) is 0 Å². The van der Waals surface area contributed by atoms with E-state index in [4.69, 9.17) is 4.74 Å². The molecule has 1 aliphatic heterocycles. The molecule has 3 unspecified atom stereocenters. The minimum atomic E-state index is 0.443. The number of nitrogens with one attached hydrogen (secondary N) is 1. The van der Waals surface area contributed by atoms with Gasteiger partial charge in [0.15, 0.2) is 0 Å². The summed E-state index contributed by atoms with van der Waals surface area (Å²) in [4.78, 5) is 0.